The zero-order valence-corrected chi connectivity index (χ0v) is 15.2. The Hall–Kier alpha value is -2.43. The van der Waals surface area contributed by atoms with Crippen LogP contribution in [-0.2, 0) is 0 Å². The van der Waals surface area contributed by atoms with Gasteiger partial charge in [-0.15, -0.1) is 0 Å². The van der Waals surface area contributed by atoms with Gasteiger partial charge in [-0.1, -0.05) is 38.1 Å². The minimum absolute atomic E-state index is 0.379. The van der Waals surface area contributed by atoms with Gasteiger partial charge in [0, 0.05) is 18.3 Å². The lowest BCUT2D eigenvalue weighted by atomic mass is 9.93. The van der Waals surface area contributed by atoms with E-state index >= 15 is 0 Å². The van der Waals surface area contributed by atoms with Crippen LogP contribution in [0.3, 0.4) is 0 Å². The first-order valence-electron chi connectivity index (χ1n) is 9.17. The molecule has 1 atom stereocenters. The summed E-state index contributed by atoms with van der Waals surface area (Å²) in [7, 11) is 0. The zero-order valence-electron chi connectivity index (χ0n) is 15.2. The molecule has 3 heterocycles. The van der Waals surface area contributed by atoms with Gasteiger partial charge in [0.05, 0.1) is 6.04 Å². The molecular weight excluding hydrogens is 310 g/mol. The molecule has 3 aromatic rings. The number of piperidine rings is 1. The largest absolute Gasteiger partial charge is 0.349 e. The highest BCUT2D eigenvalue weighted by Crippen LogP contribution is 2.35. The smallest absolute Gasteiger partial charge is 0.254 e. The SMILES string of the molecule is Cc1cc(N2CCCC[C@@H]2c2ccc(C(C)C)cc2)n2ncnc2n1. The maximum absolute atomic E-state index is 4.48. The van der Waals surface area contributed by atoms with E-state index in [1.165, 1.54) is 30.4 Å². The number of hydrogen-bond donors (Lipinski definition) is 0. The highest BCUT2D eigenvalue weighted by Gasteiger charge is 2.26. The molecule has 0 unspecified atom stereocenters. The minimum atomic E-state index is 0.379. The summed E-state index contributed by atoms with van der Waals surface area (Å²) in [5.74, 6) is 2.33. The van der Waals surface area contributed by atoms with Gasteiger partial charge in [-0.2, -0.15) is 14.6 Å². The molecule has 0 bridgehead atoms. The van der Waals surface area contributed by atoms with Crippen LogP contribution < -0.4 is 4.90 Å². The maximum atomic E-state index is 4.48. The third kappa shape index (κ3) is 2.99. The monoisotopic (exact) mass is 335 g/mol. The second kappa shape index (κ2) is 6.47. The predicted octanol–water partition coefficient (Wildman–Crippen LogP) is 4.29. The molecule has 5 nitrogen and oxygen atoms in total. The summed E-state index contributed by atoms with van der Waals surface area (Å²) in [5.41, 5.74) is 3.76. The van der Waals surface area contributed by atoms with Gasteiger partial charge in [0.15, 0.2) is 0 Å². The summed E-state index contributed by atoms with van der Waals surface area (Å²) >= 11 is 0. The molecule has 0 N–H and O–H groups in total. The number of benzene rings is 1. The van der Waals surface area contributed by atoms with Crippen LogP contribution in [0.1, 0.15) is 61.9 Å². The van der Waals surface area contributed by atoms with Crippen molar-refractivity contribution < 1.29 is 0 Å². The van der Waals surface area contributed by atoms with Crippen molar-refractivity contribution in [2.45, 2.75) is 52.0 Å². The second-order valence-electron chi connectivity index (χ2n) is 7.25. The fourth-order valence-corrected chi connectivity index (χ4v) is 3.77. The molecule has 1 aromatic carbocycles. The first-order valence-corrected chi connectivity index (χ1v) is 9.17. The van der Waals surface area contributed by atoms with Crippen LogP contribution in [0.15, 0.2) is 36.7 Å². The maximum Gasteiger partial charge on any atom is 0.254 e. The molecule has 0 radical (unpaired) electrons. The lowest BCUT2D eigenvalue weighted by Crippen LogP contribution is -2.35. The van der Waals surface area contributed by atoms with Crippen molar-refractivity contribution in [3.63, 3.8) is 0 Å². The van der Waals surface area contributed by atoms with Crippen LogP contribution in [0.4, 0.5) is 5.82 Å². The Morgan fingerprint density at radius 3 is 2.68 bits per heavy atom. The van der Waals surface area contributed by atoms with Gasteiger partial charge in [-0.3, -0.25) is 0 Å². The Bertz CT molecular complexity index is 865. The summed E-state index contributed by atoms with van der Waals surface area (Å²) in [4.78, 5) is 11.2. The van der Waals surface area contributed by atoms with E-state index in [0.717, 1.165) is 18.1 Å². The van der Waals surface area contributed by atoms with Crippen molar-refractivity contribution in [3.8, 4) is 0 Å². The average Bonchev–Trinajstić information content (AvgIpc) is 3.09. The van der Waals surface area contributed by atoms with E-state index in [1.54, 1.807) is 6.33 Å². The Kier molecular flexibility index (Phi) is 4.15. The predicted molar refractivity (Wildman–Crippen MR) is 100.0 cm³/mol. The summed E-state index contributed by atoms with van der Waals surface area (Å²) < 4.78 is 1.87. The van der Waals surface area contributed by atoms with Gasteiger partial charge in [0.2, 0.25) is 0 Å². The molecule has 5 heteroatoms. The molecule has 1 saturated heterocycles. The lowest BCUT2D eigenvalue weighted by Gasteiger charge is -2.37. The van der Waals surface area contributed by atoms with Gasteiger partial charge in [-0.25, -0.2) is 4.98 Å². The normalized spacial score (nSPS) is 18.2. The van der Waals surface area contributed by atoms with E-state index in [4.69, 9.17) is 0 Å². The molecule has 1 fully saturated rings. The van der Waals surface area contributed by atoms with Crippen LogP contribution >= 0.6 is 0 Å². The van der Waals surface area contributed by atoms with Crippen molar-refractivity contribution in [1.82, 2.24) is 19.6 Å². The van der Waals surface area contributed by atoms with E-state index < -0.39 is 0 Å². The van der Waals surface area contributed by atoms with Crippen molar-refractivity contribution >= 4 is 11.6 Å². The van der Waals surface area contributed by atoms with Crippen LogP contribution in [0.2, 0.25) is 0 Å². The number of nitrogens with zero attached hydrogens (tertiary/aromatic N) is 5. The average molecular weight is 335 g/mol. The van der Waals surface area contributed by atoms with Gasteiger partial charge < -0.3 is 4.90 Å². The van der Waals surface area contributed by atoms with E-state index in [9.17, 15) is 0 Å². The standard InChI is InChI=1S/C20H25N5/c1-14(2)16-7-9-17(10-8-16)18-6-4-5-11-24(18)19-12-15(3)23-20-21-13-22-25(19)20/h7-10,12-14,18H,4-6,11H2,1-3H3/t18-/m1/s1. The summed E-state index contributed by atoms with van der Waals surface area (Å²) in [6, 6.07) is 11.6. The van der Waals surface area contributed by atoms with Gasteiger partial charge >= 0.3 is 0 Å². The molecule has 4 rings (SSSR count). The molecule has 2 aromatic heterocycles. The first kappa shape index (κ1) is 16.1. The molecule has 0 aliphatic carbocycles. The van der Waals surface area contributed by atoms with Crippen molar-refractivity contribution in [1.29, 1.82) is 0 Å². The fourth-order valence-electron chi connectivity index (χ4n) is 3.77. The second-order valence-corrected chi connectivity index (χ2v) is 7.25. The zero-order chi connectivity index (χ0) is 17.4. The van der Waals surface area contributed by atoms with E-state index in [1.807, 2.05) is 11.4 Å². The highest BCUT2D eigenvalue weighted by atomic mass is 15.4. The minimum Gasteiger partial charge on any atom is -0.349 e. The third-order valence-electron chi connectivity index (χ3n) is 5.15. The molecule has 0 amide bonds. The quantitative estimate of drug-likeness (QED) is 0.716. The number of anilines is 1. The number of aryl methyl sites for hydroxylation is 1. The van der Waals surface area contributed by atoms with Gasteiger partial charge in [0.25, 0.3) is 5.78 Å². The van der Waals surface area contributed by atoms with Crippen molar-refractivity contribution in [2.75, 3.05) is 11.4 Å². The Morgan fingerprint density at radius 1 is 1.12 bits per heavy atom. The van der Waals surface area contributed by atoms with Crippen molar-refractivity contribution in [2.24, 2.45) is 0 Å². The topological polar surface area (TPSA) is 46.3 Å². The molecule has 1 aliphatic heterocycles. The van der Waals surface area contributed by atoms with Gasteiger partial charge in [-0.05, 0) is 43.2 Å². The van der Waals surface area contributed by atoms with Crippen LogP contribution in [-0.4, -0.2) is 26.1 Å². The summed E-state index contributed by atoms with van der Waals surface area (Å²) in [6.07, 6.45) is 5.22. The van der Waals surface area contributed by atoms with Crippen LogP contribution in [0.5, 0.6) is 0 Å². The summed E-state index contributed by atoms with van der Waals surface area (Å²) in [5, 5.41) is 4.40. The number of hydrogen-bond acceptors (Lipinski definition) is 4. The number of rotatable bonds is 3. The third-order valence-corrected chi connectivity index (χ3v) is 5.15. The molecular formula is C20H25N5. The highest BCUT2D eigenvalue weighted by molar-refractivity contribution is 5.50. The molecule has 130 valence electrons. The Labute approximate surface area is 148 Å². The number of aromatic nitrogens is 4. The van der Waals surface area contributed by atoms with Crippen molar-refractivity contribution in [3.05, 3.63) is 53.5 Å². The molecule has 0 spiro atoms. The Balaban J connectivity index is 1.74. The van der Waals surface area contributed by atoms with Crippen LogP contribution in [0.25, 0.3) is 5.78 Å². The van der Waals surface area contributed by atoms with E-state index in [2.05, 4.69) is 64.1 Å². The van der Waals surface area contributed by atoms with Gasteiger partial charge in [0.1, 0.15) is 12.1 Å². The first-order chi connectivity index (χ1) is 12.1. The van der Waals surface area contributed by atoms with E-state index in [-0.39, 0.29) is 0 Å². The van der Waals surface area contributed by atoms with E-state index in [0.29, 0.717) is 17.7 Å². The molecule has 0 saturated carbocycles. The molecule has 1 aliphatic rings. The van der Waals surface area contributed by atoms with Crippen LogP contribution in [0, 0.1) is 6.92 Å². The molecule has 25 heavy (non-hydrogen) atoms. The summed E-state index contributed by atoms with van der Waals surface area (Å²) in [6.45, 7) is 7.54. The Morgan fingerprint density at radius 2 is 1.92 bits per heavy atom. The number of fused-ring (bicyclic) bond motifs is 1. The fraction of sp³-hybridized carbons (Fsp3) is 0.450. The lowest BCUT2D eigenvalue weighted by molar-refractivity contribution is 0.466.